The fourth-order valence-electron chi connectivity index (χ4n) is 3.32. The highest BCUT2D eigenvalue weighted by Gasteiger charge is 2.33. The van der Waals surface area contributed by atoms with Gasteiger partial charge < -0.3 is 14.2 Å². The summed E-state index contributed by atoms with van der Waals surface area (Å²) in [5, 5.41) is 0. The Morgan fingerprint density at radius 1 is 0.906 bits per heavy atom. The van der Waals surface area contributed by atoms with Crippen LogP contribution in [0.15, 0.2) is 41.3 Å². The number of benzene rings is 2. The van der Waals surface area contributed by atoms with Crippen molar-refractivity contribution < 1.29 is 32.2 Å². The molecule has 0 aliphatic carbocycles. The van der Waals surface area contributed by atoms with Gasteiger partial charge >= 0.3 is 0 Å². The second kappa shape index (κ2) is 10.0. The lowest BCUT2D eigenvalue weighted by Crippen LogP contribution is -2.29. The molecule has 9 nitrogen and oxygen atoms in total. The van der Waals surface area contributed by atoms with Crippen molar-refractivity contribution >= 4 is 27.5 Å². The van der Waals surface area contributed by atoms with Crippen LogP contribution < -0.4 is 23.8 Å². The molecule has 0 saturated carbocycles. The zero-order valence-corrected chi connectivity index (χ0v) is 19.0. The van der Waals surface area contributed by atoms with Crippen molar-refractivity contribution in [1.82, 2.24) is 4.72 Å². The number of carbonyl (C=O) groups excluding carboxylic acids is 2. The monoisotopic (exact) mass is 462 g/mol. The molecule has 2 aromatic rings. The molecular formula is C22H26N2O7S. The van der Waals surface area contributed by atoms with Gasteiger partial charge in [0, 0.05) is 19.4 Å². The first-order valence-corrected chi connectivity index (χ1v) is 11.7. The highest BCUT2D eigenvalue weighted by Crippen LogP contribution is 2.34. The first-order valence-electron chi connectivity index (χ1n) is 10.2. The Morgan fingerprint density at radius 3 is 2.16 bits per heavy atom. The second-order valence-corrected chi connectivity index (χ2v) is 8.70. The fourth-order valence-corrected chi connectivity index (χ4v) is 4.36. The van der Waals surface area contributed by atoms with Crippen molar-refractivity contribution in [3.63, 3.8) is 0 Å². The number of carbonyl (C=O) groups is 2. The molecule has 2 amide bonds. The standard InChI is InChI=1S/C22H26N2O7S/c1-4-30-19-8-6-15(12-20(19)31-5-2)14-23-32(27,28)16-7-9-18(29-3)17(13-16)24-21(25)10-11-22(24)26/h6-9,12-13,23H,4-5,10-11,14H2,1-3H3. The van der Waals surface area contributed by atoms with Crippen LogP contribution in [0.2, 0.25) is 0 Å². The molecule has 0 spiro atoms. The molecule has 32 heavy (non-hydrogen) atoms. The summed E-state index contributed by atoms with van der Waals surface area (Å²) < 4.78 is 44.7. The molecule has 10 heteroatoms. The van der Waals surface area contributed by atoms with Crippen molar-refractivity contribution in [2.45, 2.75) is 38.1 Å². The lowest BCUT2D eigenvalue weighted by Gasteiger charge is -2.18. The van der Waals surface area contributed by atoms with E-state index in [1.165, 1.54) is 25.3 Å². The normalized spacial score (nSPS) is 14.0. The van der Waals surface area contributed by atoms with E-state index in [-0.39, 0.29) is 35.7 Å². The second-order valence-electron chi connectivity index (χ2n) is 6.93. The largest absolute Gasteiger partial charge is 0.495 e. The summed E-state index contributed by atoms with van der Waals surface area (Å²) in [6.45, 7) is 4.65. The molecule has 1 saturated heterocycles. The smallest absolute Gasteiger partial charge is 0.240 e. The average molecular weight is 463 g/mol. The van der Waals surface area contributed by atoms with Crippen molar-refractivity contribution in [3.05, 3.63) is 42.0 Å². The maximum Gasteiger partial charge on any atom is 0.240 e. The van der Waals surface area contributed by atoms with Crippen LogP contribution in [-0.2, 0) is 26.2 Å². The maximum absolute atomic E-state index is 12.9. The van der Waals surface area contributed by atoms with Crippen LogP contribution in [0.1, 0.15) is 32.3 Å². The fraction of sp³-hybridized carbons (Fsp3) is 0.364. The van der Waals surface area contributed by atoms with Crippen LogP contribution in [0.25, 0.3) is 0 Å². The number of hydrogen-bond donors (Lipinski definition) is 1. The number of amides is 2. The van der Waals surface area contributed by atoms with Crippen molar-refractivity contribution in [1.29, 1.82) is 0 Å². The summed E-state index contributed by atoms with van der Waals surface area (Å²) in [6, 6.07) is 9.25. The van der Waals surface area contributed by atoms with Gasteiger partial charge in [-0.3, -0.25) is 9.59 Å². The molecule has 172 valence electrons. The number of rotatable bonds is 10. The van der Waals surface area contributed by atoms with Gasteiger partial charge in [0.15, 0.2) is 11.5 Å². The van der Waals surface area contributed by atoms with Gasteiger partial charge in [0.1, 0.15) is 5.75 Å². The van der Waals surface area contributed by atoms with Crippen molar-refractivity contribution in [2.75, 3.05) is 25.2 Å². The predicted octanol–water partition coefficient (Wildman–Crippen LogP) is 2.62. The maximum atomic E-state index is 12.9. The van der Waals surface area contributed by atoms with E-state index in [0.717, 1.165) is 4.90 Å². The Labute approximate surface area is 187 Å². The minimum atomic E-state index is -3.94. The van der Waals surface area contributed by atoms with Gasteiger partial charge in [-0.05, 0) is 49.7 Å². The van der Waals surface area contributed by atoms with E-state index in [9.17, 15) is 18.0 Å². The quantitative estimate of drug-likeness (QED) is 0.540. The molecule has 0 atom stereocenters. The van der Waals surface area contributed by atoms with Crippen molar-refractivity contribution in [2.24, 2.45) is 0 Å². The predicted molar refractivity (Wildman–Crippen MR) is 118 cm³/mol. The molecule has 0 aromatic heterocycles. The Balaban J connectivity index is 1.84. The molecular weight excluding hydrogens is 436 g/mol. The molecule has 2 aromatic carbocycles. The zero-order valence-electron chi connectivity index (χ0n) is 18.2. The van der Waals surface area contributed by atoms with E-state index in [4.69, 9.17) is 14.2 Å². The SMILES string of the molecule is CCOc1ccc(CNS(=O)(=O)c2ccc(OC)c(N3C(=O)CCC3=O)c2)cc1OCC. The van der Waals surface area contributed by atoms with E-state index < -0.39 is 21.8 Å². The minimum Gasteiger partial charge on any atom is -0.495 e. The Bertz CT molecular complexity index is 1100. The lowest BCUT2D eigenvalue weighted by atomic mass is 10.2. The summed E-state index contributed by atoms with van der Waals surface area (Å²) in [5.41, 5.74) is 0.793. The summed E-state index contributed by atoms with van der Waals surface area (Å²) in [5.74, 6) is 0.562. The zero-order chi connectivity index (χ0) is 23.3. The molecule has 0 radical (unpaired) electrons. The first-order chi connectivity index (χ1) is 15.3. The summed E-state index contributed by atoms with van der Waals surface area (Å²) in [6.07, 6.45) is 0.161. The van der Waals surface area contributed by atoms with E-state index >= 15 is 0 Å². The number of ether oxygens (including phenoxy) is 3. The van der Waals surface area contributed by atoms with Gasteiger partial charge in [0.25, 0.3) is 0 Å². The van der Waals surface area contributed by atoms with Gasteiger partial charge in [0.05, 0.1) is 30.9 Å². The Morgan fingerprint density at radius 2 is 1.53 bits per heavy atom. The molecule has 1 fully saturated rings. The van der Waals surface area contributed by atoms with E-state index in [1.807, 2.05) is 13.8 Å². The van der Waals surface area contributed by atoms with Gasteiger partial charge in [0.2, 0.25) is 21.8 Å². The number of nitrogens with one attached hydrogen (secondary N) is 1. The average Bonchev–Trinajstić information content (AvgIpc) is 3.11. The van der Waals surface area contributed by atoms with Gasteiger partial charge in [-0.1, -0.05) is 6.07 Å². The van der Waals surface area contributed by atoms with Crippen LogP contribution >= 0.6 is 0 Å². The Kier molecular flexibility index (Phi) is 7.37. The number of sulfonamides is 1. The number of anilines is 1. The number of methoxy groups -OCH3 is 1. The third kappa shape index (κ3) is 5.03. The van der Waals surface area contributed by atoms with Crippen molar-refractivity contribution in [3.8, 4) is 17.2 Å². The highest BCUT2D eigenvalue weighted by atomic mass is 32.2. The van der Waals surface area contributed by atoms with Crippen LogP contribution in [0.4, 0.5) is 5.69 Å². The third-order valence-corrected chi connectivity index (χ3v) is 6.23. The molecule has 0 unspecified atom stereocenters. The first kappa shape index (κ1) is 23.6. The summed E-state index contributed by atoms with van der Waals surface area (Å²) in [7, 11) is -2.56. The topological polar surface area (TPSA) is 111 Å². The number of hydrogen-bond acceptors (Lipinski definition) is 7. The number of imide groups is 1. The summed E-state index contributed by atoms with van der Waals surface area (Å²) in [4.78, 5) is 25.2. The highest BCUT2D eigenvalue weighted by molar-refractivity contribution is 7.89. The molecule has 1 aliphatic heterocycles. The van der Waals surface area contributed by atoms with Gasteiger partial charge in [-0.2, -0.15) is 0 Å². The van der Waals surface area contributed by atoms with E-state index in [2.05, 4.69) is 4.72 Å². The summed E-state index contributed by atoms with van der Waals surface area (Å²) >= 11 is 0. The third-order valence-electron chi connectivity index (χ3n) is 4.83. The molecule has 1 N–H and O–H groups in total. The van der Waals surface area contributed by atoms with Crippen LogP contribution in [0.3, 0.4) is 0 Å². The van der Waals surface area contributed by atoms with Gasteiger partial charge in [-0.25, -0.2) is 18.0 Å². The van der Waals surface area contributed by atoms with E-state index in [0.29, 0.717) is 30.3 Å². The number of nitrogens with zero attached hydrogens (tertiary/aromatic N) is 1. The van der Waals surface area contributed by atoms with E-state index in [1.54, 1.807) is 18.2 Å². The van der Waals surface area contributed by atoms with Crippen LogP contribution in [-0.4, -0.2) is 40.6 Å². The Hall–Kier alpha value is -3.11. The van der Waals surface area contributed by atoms with Crippen LogP contribution in [0, 0.1) is 0 Å². The lowest BCUT2D eigenvalue weighted by molar-refractivity contribution is -0.121. The molecule has 0 bridgehead atoms. The molecule has 1 heterocycles. The minimum absolute atomic E-state index is 0.0117. The molecule has 1 aliphatic rings. The van der Waals surface area contributed by atoms with Crippen LogP contribution in [0.5, 0.6) is 17.2 Å². The van der Waals surface area contributed by atoms with Gasteiger partial charge in [-0.15, -0.1) is 0 Å². The molecule has 3 rings (SSSR count).